The lowest BCUT2D eigenvalue weighted by Crippen LogP contribution is -2.28. The lowest BCUT2D eigenvalue weighted by Gasteiger charge is -2.27. The van der Waals surface area contributed by atoms with Gasteiger partial charge in [-0.25, -0.2) is 0 Å². The van der Waals surface area contributed by atoms with E-state index in [-0.39, 0.29) is 35.2 Å². The monoisotopic (exact) mass is 829 g/mol. The molecule has 5 rings (SSSR count). The molecule has 3 heterocycles. The van der Waals surface area contributed by atoms with E-state index in [1.165, 1.54) is 6.07 Å². The summed E-state index contributed by atoms with van der Waals surface area (Å²) in [6.07, 6.45) is 9.01. The number of fused-ring (bicyclic) bond motifs is 4. The van der Waals surface area contributed by atoms with Crippen LogP contribution in [0.15, 0.2) is 75.5 Å². The molecule has 0 fully saturated rings. The number of rotatable bonds is 13. The van der Waals surface area contributed by atoms with Crippen molar-refractivity contribution in [2.24, 2.45) is 0 Å². The Kier molecular flexibility index (Phi) is 10.9. The van der Waals surface area contributed by atoms with Crippen molar-refractivity contribution in [2.75, 3.05) is 29.5 Å². The lowest BCUT2D eigenvalue weighted by molar-refractivity contribution is -0.437. The van der Waals surface area contributed by atoms with E-state index in [1.807, 2.05) is 43.6 Å². The van der Waals surface area contributed by atoms with Crippen LogP contribution in [0.4, 0.5) is 11.4 Å². The van der Waals surface area contributed by atoms with Gasteiger partial charge in [-0.15, -0.1) is 11.3 Å². The van der Waals surface area contributed by atoms with E-state index in [4.69, 9.17) is 0 Å². The molecule has 0 bridgehead atoms. The topological polar surface area (TPSA) is 224 Å². The summed E-state index contributed by atoms with van der Waals surface area (Å²) in [5.74, 6) is -0.990. The van der Waals surface area contributed by atoms with Gasteiger partial charge < -0.3 is 4.90 Å². The van der Waals surface area contributed by atoms with Gasteiger partial charge in [0, 0.05) is 52.9 Å². The largest absolute Gasteiger partial charge is 0.344 e. The molecule has 0 atom stereocenters. The van der Waals surface area contributed by atoms with Gasteiger partial charge in [0.1, 0.15) is 15.6 Å². The fourth-order valence-electron chi connectivity index (χ4n) is 7.16. The Hall–Kier alpha value is -3.27. The van der Waals surface area contributed by atoms with Gasteiger partial charge in [-0.3, -0.25) is 18.2 Å². The first-order valence-corrected chi connectivity index (χ1v) is 23.2. The highest BCUT2D eigenvalue weighted by molar-refractivity contribution is 7.88. The number of hydrogen-bond donors (Lipinski definition) is 4. The first-order valence-electron chi connectivity index (χ1n) is 16.3. The van der Waals surface area contributed by atoms with Crippen molar-refractivity contribution in [3.8, 4) is 0 Å². The highest BCUT2D eigenvalue weighted by Gasteiger charge is 2.45. The molecule has 0 radical (unpaired) electrons. The average Bonchev–Trinajstić information content (AvgIpc) is 3.59. The van der Waals surface area contributed by atoms with Crippen LogP contribution in [0.2, 0.25) is 0 Å². The summed E-state index contributed by atoms with van der Waals surface area (Å²) < 4.78 is 136. The first kappa shape index (κ1) is 40.9. The summed E-state index contributed by atoms with van der Waals surface area (Å²) in [7, 11) is -18.2. The van der Waals surface area contributed by atoms with Crippen molar-refractivity contribution in [3.63, 3.8) is 0 Å². The predicted octanol–water partition coefficient (Wildman–Crippen LogP) is 5.43. The van der Waals surface area contributed by atoms with Gasteiger partial charge >= 0.3 is 10.1 Å². The van der Waals surface area contributed by atoms with Crippen LogP contribution >= 0.6 is 11.3 Å². The third-order valence-electron chi connectivity index (χ3n) is 9.45. The third kappa shape index (κ3) is 8.52. The Morgan fingerprint density at radius 2 is 1.43 bits per heavy atom. The smallest absolute Gasteiger partial charge is 0.304 e. The van der Waals surface area contributed by atoms with Gasteiger partial charge in [-0.05, 0) is 57.0 Å². The molecule has 0 saturated heterocycles. The van der Waals surface area contributed by atoms with Crippen molar-refractivity contribution >= 4 is 79.0 Å². The minimum absolute atomic E-state index is 0.0141. The number of allylic oxidation sites excluding steroid dienone is 6. The molecule has 3 aromatic rings. The molecule has 4 N–H and O–H groups in total. The highest BCUT2D eigenvalue weighted by atomic mass is 32.3. The second-order valence-corrected chi connectivity index (χ2v) is 21.3. The number of hydrogen-bond acceptors (Lipinski definition) is 10. The Morgan fingerprint density at radius 1 is 0.792 bits per heavy atom. The maximum Gasteiger partial charge on any atom is 0.304 e. The molecule has 0 saturated carbocycles. The average molecular weight is 830 g/mol. The molecule has 0 amide bonds. The summed E-state index contributed by atoms with van der Waals surface area (Å²) in [5.41, 5.74) is 3.81. The number of benzene rings is 2. The summed E-state index contributed by atoms with van der Waals surface area (Å²) >= 11 is 0.488. The Balaban J connectivity index is 1.59. The summed E-state index contributed by atoms with van der Waals surface area (Å²) in [5, 5.41) is 0.161. The minimum atomic E-state index is -4.91. The normalized spacial score (nSPS) is 18.3. The van der Waals surface area contributed by atoms with Crippen LogP contribution in [0, 0.1) is 6.92 Å². The zero-order chi connectivity index (χ0) is 39.5. The van der Waals surface area contributed by atoms with Crippen LogP contribution in [0.1, 0.15) is 57.2 Å². The molecule has 0 spiro atoms. The summed E-state index contributed by atoms with van der Waals surface area (Å²) in [6.45, 7) is 10.0. The fourth-order valence-corrected chi connectivity index (χ4v) is 10.9. The Morgan fingerprint density at radius 3 is 2.04 bits per heavy atom. The van der Waals surface area contributed by atoms with Gasteiger partial charge in [0.05, 0.1) is 21.6 Å². The fraction of sp³-hybridized carbons (Fsp3) is 0.382. The van der Waals surface area contributed by atoms with E-state index in [2.05, 4.69) is 19.9 Å². The standard InChI is InChI=1S/C34H40N2O12S5/c1-22-13-14-25-24(19-22)33(2,3)28(35(25)15-9-17-50(37,38)39)11-7-6-8-12-29-34(4,5)31-23-20-30(53(46,47)48)49-32(23)27(52(43,44)45)21-26(31)36(29)16-10-18-51(40,41)42/h6-8,11-14,19-21H,9-10,15-18H2,1-5H3,(H3-,37,38,39,40,41,42,43,44,45,46,47,48)/p+1. The van der Waals surface area contributed by atoms with E-state index in [1.54, 1.807) is 29.2 Å². The molecule has 53 heavy (non-hydrogen) atoms. The zero-order valence-electron chi connectivity index (χ0n) is 29.5. The van der Waals surface area contributed by atoms with Gasteiger partial charge in [-0.1, -0.05) is 43.7 Å². The molecule has 2 aromatic carbocycles. The van der Waals surface area contributed by atoms with Gasteiger partial charge in [-0.2, -0.15) is 38.2 Å². The second-order valence-electron chi connectivity index (χ2n) is 14.1. The SMILES string of the molecule is Cc1ccc2c(c1)C(C)(C)C(/C=C/C=C/C=C1/N(CCCS(=O)(=O)O)c3cc(S(=O)(=O)O)c4sc(S(=O)(=O)O)cc4c3C1(C)C)=[N+]2CCCS(=O)(=O)O. The maximum absolute atomic E-state index is 12.6. The van der Waals surface area contributed by atoms with Crippen LogP contribution in [-0.4, -0.2) is 86.8 Å². The highest BCUT2D eigenvalue weighted by Crippen LogP contribution is 2.54. The van der Waals surface area contributed by atoms with Crippen molar-refractivity contribution in [1.82, 2.24) is 0 Å². The summed E-state index contributed by atoms with van der Waals surface area (Å²) in [4.78, 5) is 1.06. The Labute approximate surface area is 313 Å². The van der Waals surface area contributed by atoms with Crippen LogP contribution in [0.25, 0.3) is 10.1 Å². The van der Waals surface area contributed by atoms with Crippen LogP contribution < -0.4 is 4.90 Å². The molecule has 0 unspecified atom stereocenters. The van der Waals surface area contributed by atoms with Crippen molar-refractivity contribution < 1.29 is 56.5 Å². The van der Waals surface area contributed by atoms with Crippen molar-refractivity contribution in [2.45, 2.75) is 67.4 Å². The predicted molar refractivity (Wildman–Crippen MR) is 204 cm³/mol. The molecule has 1 aromatic heterocycles. The van der Waals surface area contributed by atoms with E-state index in [9.17, 15) is 51.9 Å². The molecule has 14 nitrogen and oxygen atoms in total. The van der Waals surface area contributed by atoms with Crippen LogP contribution in [-0.2, 0) is 51.3 Å². The number of nitrogens with zero attached hydrogens (tertiary/aromatic N) is 2. The first-order chi connectivity index (χ1) is 24.2. The Bertz CT molecular complexity index is 2580. The van der Waals surface area contributed by atoms with Crippen LogP contribution in [0.5, 0.6) is 0 Å². The lowest BCUT2D eigenvalue weighted by atomic mass is 9.81. The van der Waals surface area contributed by atoms with E-state index < -0.39 is 71.9 Å². The van der Waals surface area contributed by atoms with Gasteiger partial charge in [0.2, 0.25) is 5.69 Å². The third-order valence-corrected chi connectivity index (χ3v) is 14.5. The van der Waals surface area contributed by atoms with Crippen molar-refractivity contribution in [3.05, 3.63) is 83.1 Å². The summed E-state index contributed by atoms with van der Waals surface area (Å²) in [6, 6.07) is 8.36. The molecular formula is C34H41N2O12S5+. The number of aryl methyl sites for hydroxylation is 1. The zero-order valence-corrected chi connectivity index (χ0v) is 33.6. The molecule has 2 aliphatic rings. The van der Waals surface area contributed by atoms with E-state index >= 15 is 0 Å². The van der Waals surface area contributed by atoms with Crippen LogP contribution in [0.3, 0.4) is 0 Å². The van der Waals surface area contributed by atoms with Gasteiger partial charge in [0.15, 0.2) is 5.71 Å². The molecule has 19 heteroatoms. The van der Waals surface area contributed by atoms with Gasteiger partial charge in [0.25, 0.3) is 30.4 Å². The minimum Gasteiger partial charge on any atom is -0.344 e. The second kappa shape index (κ2) is 14.1. The van der Waals surface area contributed by atoms with Crippen molar-refractivity contribution in [1.29, 1.82) is 0 Å². The molecule has 288 valence electrons. The number of thiophene rings is 1. The quantitative estimate of drug-likeness (QED) is 0.0960. The van der Waals surface area contributed by atoms with E-state index in [0.29, 0.717) is 29.1 Å². The number of anilines is 1. The molecular weight excluding hydrogens is 789 g/mol. The maximum atomic E-state index is 12.6. The molecule has 0 aliphatic carbocycles. The van der Waals surface area contributed by atoms with E-state index in [0.717, 1.165) is 28.6 Å². The molecule has 2 aliphatic heterocycles.